The van der Waals surface area contributed by atoms with E-state index < -0.39 is 64.3 Å². The molecule has 10 rings (SSSR count). The first kappa shape index (κ1) is 60.2. The van der Waals surface area contributed by atoms with Crippen LogP contribution >= 0.6 is 0 Å². The number of fused-ring (bicyclic) bond motifs is 1. The zero-order valence-corrected chi connectivity index (χ0v) is 44.3. The predicted octanol–water partition coefficient (Wildman–Crippen LogP) is 14.8. The van der Waals surface area contributed by atoms with Crippen molar-refractivity contribution >= 4 is 40.4 Å². The standard InChI is InChI=1S/C22H24F4N2O.C19H18F4N4.C17H16F4N4O/c23-21(12-4-7-17-5-2-1-3-6-17)13-15-28(16-14-21)20(29)27-19-10-8-18(9-11-19)22(24,25)26;1-12-3-2-8-24-16(12)18(20)6-9-27(10-7-18)17-25-14-5-4-13(19(21,22)23)11-15(14)26-17;18-16(14-22-8-1-9-23-14)6-10-25(11-7-16)15(26)24-13-4-2-12(3-5-13)17(19,20)21/h1-3,5-6,8-11H,4,7,12-16H2,(H,27,29);2-5,8,11H,6-7,9-10H2,1H3,(H,25,26);1-5,8-9H,6-7,10-11H2,(H,24,26). The number of nitrogens with zero attached hydrogens (tertiary/aromatic N) is 7. The van der Waals surface area contributed by atoms with Crippen molar-refractivity contribution in [2.24, 2.45) is 0 Å². The van der Waals surface area contributed by atoms with E-state index in [1.807, 2.05) is 48.2 Å². The SMILES string of the molecule is Cc1cccnc1C1(F)CCN(c2nc3ccc(C(F)(F)F)cc3[nH]2)CC1.O=C(Nc1ccc(C(F)(F)F)cc1)N1CCC(F)(CCCc2ccccc2)CC1.O=C(Nc1ccc(C(F)(F)F)cc1)N1CCC(F)(c2ncccn2)CC1. The highest BCUT2D eigenvalue weighted by atomic mass is 19.4. The third kappa shape index (κ3) is 15.5. The number of carbonyl (C=O) groups is 2. The fourth-order valence-corrected chi connectivity index (χ4v) is 9.91. The van der Waals surface area contributed by atoms with Crippen LogP contribution in [-0.4, -0.2) is 91.7 Å². The topological polar surface area (TPSA) is 135 Å². The number of aromatic nitrogens is 5. The van der Waals surface area contributed by atoms with Crippen molar-refractivity contribution in [3.05, 3.63) is 173 Å². The molecule has 436 valence electrons. The first-order valence-electron chi connectivity index (χ1n) is 26.4. The molecule has 6 heterocycles. The lowest BCUT2D eigenvalue weighted by molar-refractivity contribution is -0.138. The normalized spacial score (nSPS) is 17.0. The summed E-state index contributed by atoms with van der Waals surface area (Å²) in [5.41, 5.74) is -3.00. The summed E-state index contributed by atoms with van der Waals surface area (Å²) >= 11 is 0. The zero-order chi connectivity index (χ0) is 58.9. The highest BCUT2D eigenvalue weighted by Gasteiger charge is 2.42. The van der Waals surface area contributed by atoms with Gasteiger partial charge in [-0.3, -0.25) is 4.98 Å². The number of imidazole rings is 1. The van der Waals surface area contributed by atoms with Crippen LogP contribution in [0, 0.1) is 6.92 Å². The Balaban J connectivity index is 0.000000161. The summed E-state index contributed by atoms with van der Waals surface area (Å²) in [4.78, 5) is 48.7. The number of H-pyrrole nitrogens is 1. The van der Waals surface area contributed by atoms with E-state index in [1.165, 1.54) is 58.1 Å². The maximum Gasteiger partial charge on any atom is 0.416 e. The van der Waals surface area contributed by atoms with E-state index in [9.17, 15) is 53.5 Å². The molecular formula is C58H58F12N10O2. The average molecular weight is 1160 g/mol. The number of amides is 4. The van der Waals surface area contributed by atoms with Crippen LogP contribution in [0.15, 0.2) is 134 Å². The van der Waals surface area contributed by atoms with Crippen LogP contribution in [0.1, 0.15) is 90.7 Å². The lowest BCUT2D eigenvalue weighted by atomic mass is 9.87. The molecule has 3 aliphatic heterocycles. The zero-order valence-electron chi connectivity index (χ0n) is 44.3. The van der Waals surface area contributed by atoms with E-state index >= 15 is 8.78 Å². The predicted molar refractivity (Wildman–Crippen MR) is 285 cm³/mol. The number of hydrogen-bond acceptors (Lipinski definition) is 7. The molecule has 0 atom stereocenters. The van der Waals surface area contributed by atoms with Gasteiger partial charge in [0.25, 0.3) is 0 Å². The van der Waals surface area contributed by atoms with Gasteiger partial charge in [0.1, 0.15) is 5.67 Å². The van der Waals surface area contributed by atoms with Crippen LogP contribution in [-0.2, 0) is 36.3 Å². The maximum atomic E-state index is 15.4. The monoisotopic (exact) mass is 1150 g/mol. The smallest absolute Gasteiger partial charge is 0.342 e. The van der Waals surface area contributed by atoms with Gasteiger partial charge >= 0.3 is 30.6 Å². The molecule has 3 fully saturated rings. The number of halogens is 12. The van der Waals surface area contributed by atoms with E-state index in [0.29, 0.717) is 42.2 Å². The number of aryl methyl sites for hydroxylation is 2. The Kier molecular flexibility index (Phi) is 18.4. The number of hydrogen-bond donors (Lipinski definition) is 3. The number of pyridine rings is 1. The third-order valence-corrected chi connectivity index (χ3v) is 14.7. The van der Waals surface area contributed by atoms with Crippen molar-refractivity contribution in [3.63, 3.8) is 0 Å². The number of likely N-dealkylation sites (tertiary alicyclic amines) is 2. The molecule has 3 aliphatic rings. The molecule has 0 aliphatic carbocycles. The Bertz CT molecular complexity index is 3210. The molecule has 3 aromatic heterocycles. The van der Waals surface area contributed by atoms with Crippen molar-refractivity contribution in [2.75, 3.05) is 54.8 Å². The van der Waals surface area contributed by atoms with Gasteiger partial charge < -0.3 is 30.3 Å². The molecule has 24 heteroatoms. The molecule has 4 aromatic carbocycles. The summed E-state index contributed by atoms with van der Waals surface area (Å²) in [6, 6.07) is 26.1. The Morgan fingerprint density at radius 3 is 1.56 bits per heavy atom. The second-order valence-corrected chi connectivity index (χ2v) is 20.4. The summed E-state index contributed by atoms with van der Waals surface area (Å²) in [6.45, 7) is 3.52. The molecule has 0 saturated carbocycles. The van der Waals surface area contributed by atoms with E-state index in [1.54, 1.807) is 18.3 Å². The second-order valence-electron chi connectivity index (χ2n) is 20.4. The molecule has 4 amide bonds. The number of nitrogens with one attached hydrogen (secondary N) is 3. The number of anilines is 3. The minimum atomic E-state index is -4.43. The Hall–Kier alpha value is -7.92. The van der Waals surface area contributed by atoms with E-state index in [2.05, 4.69) is 35.6 Å². The minimum absolute atomic E-state index is 0.0530. The van der Waals surface area contributed by atoms with Gasteiger partial charge in [-0.2, -0.15) is 39.5 Å². The highest BCUT2D eigenvalue weighted by molar-refractivity contribution is 5.90. The largest absolute Gasteiger partial charge is 0.416 e. The van der Waals surface area contributed by atoms with Crippen LogP contribution in [0.25, 0.3) is 11.0 Å². The lowest BCUT2D eigenvalue weighted by Crippen LogP contribution is -2.46. The number of aromatic amines is 1. The summed E-state index contributed by atoms with van der Waals surface area (Å²) < 4.78 is 159. The van der Waals surface area contributed by atoms with Gasteiger partial charge in [-0.05, 0) is 129 Å². The summed E-state index contributed by atoms with van der Waals surface area (Å²) in [5, 5.41) is 5.10. The minimum Gasteiger partial charge on any atom is -0.342 e. The molecule has 7 aromatic rings. The quantitative estimate of drug-likeness (QED) is 0.123. The van der Waals surface area contributed by atoms with Gasteiger partial charge in [0.05, 0.1) is 33.4 Å². The Morgan fingerprint density at radius 1 is 0.561 bits per heavy atom. The molecular weight excluding hydrogens is 1100 g/mol. The number of rotatable bonds is 9. The molecule has 3 N–H and O–H groups in total. The van der Waals surface area contributed by atoms with Crippen LogP contribution in [0.4, 0.5) is 79.6 Å². The number of piperidine rings is 3. The van der Waals surface area contributed by atoms with Gasteiger partial charge in [-0.1, -0.05) is 36.4 Å². The van der Waals surface area contributed by atoms with Crippen molar-refractivity contribution in [3.8, 4) is 0 Å². The molecule has 0 radical (unpaired) electrons. The van der Waals surface area contributed by atoms with Gasteiger partial charge in [-0.15, -0.1) is 0 Å². The van der Waals surface area contributed by atoms with E-state index in [4.69, 9.17) is 0 Å². The first-order valence-corrected chi connectivity index (χ1v) is 26.4. The molecule has 0 bridgehead atoms. The molecule has 82 heavy (non-hydrogen) atoms. The van der Waals surface area contributed by atoms with Crippen LogP contribution in [0.2, 0.25) is 0 Å². The number of alkyl halides is 12. The van der Waals surface area contributed by atoms with Crippen molar-refractivity contribution < 1.29 is 62.3 Å². The molecule has 12 nitrogen and oxygen atoms in total. The number of benzene rings is 4. The maximum absolute atomic E-state index is 15.4. The summed E-state index contributed by atoms with van der Waals surface area (Å²) in [5.74, 6) is 0.562. The first-order chi connectivity index (χ1) is 38.8. The van der Waals surface area contributed by atoms with Crippen molar-refractivity contribution in [1.82, 2.24) is 34.7 Å². The van der Waals surface area contributed by atoms with Gasteiger partial charge in [0.15, 0.2) is 17.2 Å². The molecule has 0 spiro atoms. The van der Waals surface area contributed by atoms with Crippen molar-refractivity contribution in [2.45, 2.75) is 100 Å². The van der Waals surface area contributed by atoms with Crippen LogP contribution in [0.5, 0.6) is 0 Å². The molecule has 3 saturated heterocycles. The number of carbonyl (C=O) groups excluding carboxylic acids is 2. The highest BCUT2D eigenvalue weighted by Crippen LogP contribution is 2.40. The summed E-state index contributed by atoms with van der Waals surface area (Å²) in [7, 11) is 0. The summed E-state index contributed by atoms with van der Waals surface area (Å²) in [6.07, 6.45) is -5.57. The van der Waals surface area contributed by atoms with E-state index in [0.717, 1.165) is 54.8 Å². The third-order valence-electron chi connectivity index (χ3n) is 14.7. The van der Waals surface area contributed by atoms with E-state index in [-0.39, 0.29) is 81.9 Å². The molecule has 0 unspecified atom stereocenters. The fraction of sp³-hybridized carbons (Fsp3) is 0.379. The number of urea groups is 2. The average Bonchev–Trinajstić information content (AvgIpc) is 3.79. The lowest BCUT2D eigenvalue weighted by Gasteiger charge is -2.36. The Labute approximate surface area is 464 Å². The van der Waals surface area contributed by atoms with Crippen LogP contribution < -0.4 is 15.5 Å². The second kappa shape index (κ2) is 25.1. The van der Waals surface area contributed by atoms with Crippen LogP contribution in [0.3, 0.4) is 0 Å². The van der Waals surface area contributed by atoms with Gasteiger partial charge in [0, 0.05) is 94.9 Å². The van der Waals surface area contributed by atoms with Gasteiger partial charge in [0.2, 0.25) is 5.95 Å². The van der Waals surface area contributed by atoms with Gasteiger partial charge in [-0.25, -0.2) is 37.7 Å². The fourth-order valence-electron chi connectivity index (χ4n) is 9.91. The Morgan fingerprint density at radius 2 is 1.05 bits per heavy atom. The van der Waals surface area contributed by atoms with Crippen molar-refractivity contribution in [1.29, 1.82) is 0 Å².